The highest BCUT2D eigenvalue weighted by Gasteiger charge is 2.22. The number of cyclic esters (lactones) is 1. The van der Waals surface area contributed by atoms with Crippen molar-refractivity contribution in [1.82, 2.24) is 14.9 Å². The summed E-state index contributed by atoms with van der Waals surface area (Å²) in [4.78, 5) is 35.2. The van der Waals surface area contributed by atoms with E-state index in [4.69, 9.17) is 25.8 Å². The first-order valence-corrected chi connectivity index (χ1v) is 13.4. The Labute approximate surface area is 235 Å². The normalized spacial score (nSPS) is 19.6. The number of benzene rings is 2. The molecule has 0 radical (unpaired) electrons. The molecule has 3 heterocycles. The van der Waals surface area contributed by atoms with Crippen LogP contribution in [0.3, 0.4) is 0 Å². The van der Waals surface area contributed by atoms with E-state index in [1.807, 2.05) is 11.8 Å². The first-order valence-electron chi connectivity index (χ1n) is 13.0. The van der Waals surface area contributed by atoms with Crippen LogP contribution in [-0.2, 0) is 19.1 Å². The fourth-order valence-electron chi connectivity index (χ4n) is 4.60. The summed E-state index contributed by atoms with van der Waals surface area (Å²) in [6.45, 7) is 4.06. The van der Waals surface area contributed by atoms with Gasteiger partial charge in [0.05, 0.1) is 28.9 Å². The maximum atomic E-state index is 13.6. The van der Waals surface area contributed by atoms with Gasteiger partial charge in [0.2, 0.25) is 5.91 Å². The van der Waals surface area contributed by atoms with Gasteiger partial charge in [0.25, 0.3) is 0 Å². The average molecular weight is 570 g/mol. The molecular formula is C28H29ClFN5O5. The summed E-state index contributed by atoms with van der Waals surface area (Å²) >= 11 is 5.94. The second kappa shape index (κ2) is 12.6. The number of morpholine rings is 1. The number of anilines is 3. The smallest absolute Gasteiger partial charge is 0.320 e. The van der Waals surface area contributed by atoms with Gasteiger partial charge in [-0.2, -0.15) is 0 Å². The SMILES string of the molecule is C[C@@H]1CN(CC=CC(=O)Nc2cc3c(Nc4ccc(F)c(Cl)c4)ncnc3cc2OC[C@H]2CCCO2)CC(=O)O1. The Hall–Kier alpha value is -3.80. The lowest BCUT2D eigenvalue weighted by Crippen LogP contribution is -2.44. The maximum Gasteiger partial charge on any atom is 0.320 e. The van der Waals surface area contributed by atoms with Gasteiger partial charge in [-0.05, 0) is 44.0 Å². The molecule has 40 heavy (non-hydrogen) atoms. The number of ether oxygens (including phenoxy) is 3. The number of carbonyl (C=O) groups excluding carboxylic acids is 2. The molecule has 2 aliphatic rings. The van der Waals surface area contributed by atoms with Gasteiger partial charge in [-0.25, -0.2) is 14.4 Å². The van der Waals surface area contributed by atoms with Crippen LogP contribution >= 0.6 is 11.6 Å². The van der Waals surface area contributed by atoms with Crippen molar-refractivity contribution in [3.8, 4) is 5.75 Å². The molecule has 0 saturated carbocycles. The highest BCUT2D eigenvalue weighted by Crippen LogP contribution is 2.34. The molecule has 0 aliphatic carbocycles. The van der Waals surface area contributed by atoms with E-state index in [0.29, 0.717) is 60.1 Å². The van der Waals surface area contributed by atoms with Crippen LogP contribution in [0.1, 0.15) is 19.8 Å². The first-order chi connectivity index (χ1) is 19.3. The Morgan fingerprint density at radius 3 is 2.95 bits per heavy atom. The minimum absolute atomic E-state index is 0.0242. The van der Waals surface area contributed by atoms with Gasteiger partial charge in [-0.15, -0.1) is 0 Å². The van der Waals surface area contributed by atoms with Crippen molar-refractivity contribution < 1.29 is 28.2 Å². The number of amides is 1. The minimum atomic E-state index is -0.527. The summed E-state index contributed by atoms with van der Waals surface area (Å²) in [7, 11) is 0. The van der Waals surface area contributed by atoms with Gasteiger partial charge in [-0.1, -0.05) is 17.7 Å². The van der Waals surface area contributed by atoms with E-state index in [2.05, 4.69) is 20.6 Å². The Bertz CT molecular complexity index is 1430. The zero-order valence-corrected chi connectivity index (χ0v) is 22.6. The Morgan fingerprint density at radius 2 is 2.17 bits per heavy atom. The van der Waals surface area contributed by atoms with Gasteiger partial charge < -0.3 is 24.8 Å². The van der Waals surface area contributed by atoms with E-state index in [0.717, 1.165) is 12.8 Å². The van der Waals surface area contributed by atoms with Crippen molar-refractivity contribution in [1.29, 1.82) is 0 Å². The lowest BCUT2D eigenvalue weighted by molar-refractivity contribution is -0.156. The second-order valence-electron chi connectivity index (χ2n) is 9.67. The van der Waals surface area contributed by atoms with E-state index < -0.39 is 5.82 Å². The van der Waals surface area contributed by atoms with Gasteiger partial charge in [0.1, 0.15) is 36.4 Å². The molecule has 0 bridgehead atoms. The Morgan fingerprint density at radius 1 is 1.30 bits per heavy atom. The van der Waals surface area contributed by atoms with Crippen LogP contribution in [0.25, 0.3) is 10.9 Å². The van der Waals surface area contributed by atoms with Crippen LogP contribution in [-0.4, -0.2) is 71.8 Å². The number of nitrogens with one attached hydrogen (secondary N) is 2. The molecule has 2 aromatic carbocycles. The number of hydrogen-bond acceptors (Lipinski definition) is 9. The van der Waals surface area contributed by atoms with E-state index in [-0.39, 0.29) is 35.7 Å². The predicted molar refractivity (Wildman–Crippen MR) is 148 cm³/mol. The quantitative estimate of drug-likeness (QED) is 0.284. The van der Waals surface area contributed by atoms with E-state index in [1.165, 1.54) is 24.5 Å². The molecule has 0 unspecified atom stereocenters. The molecule has 2 fully saturated rings. The van der Waals surface area contributed by atoms with Crippen LogP contribution in [0, 0.1) is 5.82 Å². The van der Waals surface area contributed by atoms with Crippen LogP contribution in [0.4, 0.5) is 21.6 Å². The van der Waals surface area contributed by atoms with Crippen LogP contribution in [0.15, 0.2) is 48.8 Å². The standard InChI is InChI=1S/C28H29ClFN5O5/c1-17-13-35(14-27(37)40-17)8-2-5-26(36)34-24-11-20-23(12-25(24)39-15-19-4-3-9-38-19)31-16-32-28(20)33-18-6-7-22(30)21(29)10-18/h2,5-7,10-12,16-17,19H,3-4,8-9,13-15H2,1H3,(H,34,36)(H,31,32,33)/t17-,19-/m1/s1. The number of carbonyl (C=O) groups is 2. The summed E-state index contributed by atoms with van der Waals surface area (Å²) in [6.07, 6.45) is 6.17. The van der Waals surface area contributed by atoms with Crippen molar-refractivity contribution in [2.45, 2.75) is 32.0 Å². The van der Waals surface area contributed by atoms with E-state index in [1.54, 1.807) is 24.3 Å². The van der Waals surface area contributed by atoms with Crippen LogP contribution in [0.2, 0.25) is 5.02 Å². The molecule has 1 amide bonds. The summed E-state index contributed by atoms with van der Waals surface area (Å²) in [5, 5.41) is 6.60. The number of nitrogens with zero attached hydrogens (tertiary/aromatic N) is 3. The summed E-state index contributed by atoms with van der Waals surface area (Å²) in [5.74, 6) is -0.302. The summed E-state index contributed by atoms with van der Waals surface area (Å²) in [6, 6.07) is 7.72. The molecule has 1 aromatic heterocycles. The summed E-state index contributed by atoms with van der Waals surface area (Å²) < 4.78 is 30.5. The number of esters is 1. The minimum Gasteiger partial charge on any atom is -0.489 e. The van der Waals surface area contributed by atoms with E-state index >= 15 is 0 Å². The van der Waals surface area contributed by atoms with Crippen molar-refractivity contribution in [3.63, 3.8) is 0 Å². The fourth-order valence-corrected chi connectivity index (χ4v) is 4.78. The largest absolute Gasteiger partial charge is 0.489 e. The molecule has 12 heteroatoms. The third-order valence-electron chi connectivity index (χ3n) is 6.46. The van der Waals surface area contributed by atoms with Gasteiger partial charge in [0, 0.05) is 42.9 Å². The lowest BCUT2D eigenvalue weighted by Gasteiger charge is -2.29. The molecule has 2 saturated heterocycles. The maximum absolute atomic E-state index is 13.6. The molecule has 0 spiro atoms. The topological polar surface area (TPSA) is 115 Å². The molecular weight excluding hydrogens is 541 g/mol. The van der Waals surface area contributed by atoms with Crippen molar-refractivity contribution in [2.75, 3.05) is 43.5 Å². The Balaban J connectivity index is 1.37. The zero-order chi connectivity index (χ0) is 28.1. The molecule has 210 valence electrons. The van der Waals surface area contributed by atoms with E-state index in [9.17, 15) is 14.0 Å². The number of hydrogen-bond donors (Lipinski definition) is 2. The number of rotatable bonds is 9. The van der Waals surface area contributed by atoms with Gasteiger partial charge >= 0.3 is 5.97 Å². The number of halogens is 2. The predicted octanol–water partition coefficient (Wildman–Crippen LogP) is 4.47. The molecule has 3 aromatic rings. The monoisotopic (exact) mass is 569 g/mol. The molecule has 10 nitrogen and oxygen atoms in total. The molecule has 2 N–H and O–H groups in total. The first kappa shape index (κ1) is 27.8. The van der Waals surface area contributed by atoms with Crippen molar-refractivity contribution >= 4 is 51.6 Å². The lowest BCUT2D eigenvalue weighted by atomic mass is 10.1. The van der Waals surface area contributed by atoms with Crippen molar-refractivity contribution in [3.05, 3.63) is 59.7 Å². The van der Waals surface area contributed by atoms with Crippen LogP contribution < -0.4 is 15.4 Å². The molecule has 2 aliphatic heterocycles. The number of fused-ring (bicyclic) bond motifs is 1. The Kier molecular flexibility index (Phi) is 8.73. The van der Waals surface area contributed by atoms with Crippen LogP contribution in [0.5, 0.6) is 5.75 Å². The third kappa shape index (κ3) is 7.04. The van der Waals surface area contributed by atoms with Crippen molar-refractivity contribution in [2.24, 2.45) is 0 Å². The summed E-state index contributed by atoms with van der Waals surface area (Å²) in [5.41, 5.74) is 1.53. The average Bonchev–Trinajstić information content (AvgIpc) is 3.43. The zero-order valence-electron chi connectivity index (χ0n) is 21.9. The van der Waals surface area contributed by atoms with Gasteiger partial charge in [0.15, 0.2) is 0 Å². The highest BCUT2D eigenvalue weighted by molar-refractivity contribution is 6.31. The fraction of sp³-hybridized carbons (Fsp3) is 0.357. The third-order valence-corrected chi connectivity index (χ3v) is 6.75. The molecule has 5 rings (SSSR count). The second-order valence-corrected chi connectivity index (χ2v) is 10.1. The van der Waals surface area contributed by atoms with Gasteiger partial charge in [-0.3, -0.25) is 14.5 Å². The number of aromatic nitrogens is 2. The molecule has 2 atom stereocenters. The highest BCUT2D eigenvalue weighted by atomic mass is 35.5.